The van der Waals surface area contributed by atoms with Crippen LogP contribution in [0, 0.1) is 5.82 Å². The molecule has 0 bridgehead atoms. The number of H-pyrrole nitrogens is 1. The highest BCUT2D eigenvalue weighted by Gasteiger charge is 2.41. The molecule has 7 nitrogen and oxygen atoms in total. The van der Waals surface area contributed by atoms with Crippen LogP contribution >= 0.6 is 0 Å². The maximum absolute atomic E-state index is 14.3. The summed E-state index contributed by atoms with van der Waals surface area (Å²) in [4.78, 5) is 4.32. The molecule has 5 rings (SSSR count). The largest absolute Gasteiger partial charge is 0.368 e. The Morgan fingerprint density at radius 3 is 2.72 bits per heavy atom. The molecule has 0 spiro atoms. The van der Waals surface area contributed by atoms with Crippen LogP contribution in [0.4, 0.5) is 16.0 Å². The molecule has 32 heavy (non-hydrogen) atoms. The van der Waals surface area contributed by atoms with Gasteiger partial charge < -0.3 is 10.6 Å². The first-order chi connectivity index (χ1) is 15.7. The van der Waals surface area contributed by atoms with Crippen LogP contribution in [0.1, 0.15) is 38.3 Å². The molecular weight excluding hydrogens is 405 g/mol. The van der Waals surface area contributed by atoms with Gasteiger partial charge in [-0.3, -0.25) is 10.1 Å². The first kappa shape index (κ1) is 20.4. The molecule has 0 radical (unpaired) electrons. The lowest BCUT2D eigenvalue weighted by Crippen LogP contribution is -2.42. The molecule has 3 heterocycles. The highest BCUT2D eigenvalue weighted by Crippen LogP contribution is 2.43. The van der Waals surface area contributed by atoms with Crippen molar-refractivity contribution in [2.45, 2.75) is 38.0 Å². The molecular formula is C24H26FN7. The zero-order valence-corrected chi connectivity index (χ0v) is 18.0. The third kappa shape index (κ3) is 3.77. The van der Waals surface area contributed by atoms with E-state index >= 15 is 0 Å². The third-order valence-corrected chi connectivity index (χ3v) is 6.24. The normalized spacial score (nSPS) is 14.8. The van der Waals surface area contributed by atoms with Gasteiger partial charge in [0.05, 0.1) is 16.9 Å². The molecule has 1 fully saturated rings. The summed E-state index contributed by atoms with van der Waals surface area (Å²) in [6.07, 6.45) is 5.60. The molecule has 1 aromatic carbocycles. The van der Waals surface area contributed by atoms with Crippen molar-refractivity contribution in [3.63, 3.8) is 0 Å². The first-order valence-corrected chi connectivity index (χ1v) is 11.1. The molecule has 0 atom stereocenters. The van der Waals surface area contributed by atoms with Gasteiger partial charge in [-0.25, -0.2) is 4.39 Å². The van der Waals surface area contributed by atoms with Crippen molar-refractivity contribution in [2.24, 2.45) is 0 Å². The Kier molecular flexibility index (Phi) is 5.43. The van der Waals surface area contributed by atoms with Crippen LogP contribution in [0.2, 0.25) is 0 Å². The van der Waals surface area contributed by atoms with E-state index < -0.39 is 0 Å². The van der Waals surface area contributed by atoms with Gasteiger partial charge in [0.15, 0.2) is 5.82 Å². The van der Waals surface area contributed by atoms with Crippen LogP contribution in [0.25, 0.3) is 22.2 Å². The molecule has 1 saturated carbocycles. The second-order valence-corrected chi connectivity index (χ2v) is 8.38. The van der Waals surface area contributed by atoms with Crippen molar-refractivity contribution in [3.05, 3.63) is 60.2 Å². The van der Waals surface area contributed by atoms with Gasteiger partial charge in [0.1, 0.15) is 11.6 Å². The average molecular weight is 432 g/mol. The number of rotatable bonds is 8. The van der Waals surface area contributed by atoms with Gasteiger partial charge in [-0.15, -0.1) is 10.2 Å². The van der Waals surface area contributed by atoms with E-state index in [-0.39, 0.29) is 11.2 Å². The van der Waals surface area contributed by atoms with Gasteiger partial charge in [-0.2, -0.15) is 5.10 Å². The van der Waals surface area contributed by atoms with E-state index in [0.29, 0.717) is 18.1 Å². The maximum Gasteiger partial charge on any atom is 0.155 e. The van der Waals surface area contributed by atoms with Crippen LogP contribution in [0.3, 0.4) is 0 Å². The number of aromatic amines is 1. The lowest BCUT2D eigenvalue weighted by atomic mass is 9.66. The minimum Gasteiger partial charge on any atom is -0.368 e. The number of halogens is 1. The SMILES string of the molecule is CCCNc1n[nH]c2ccc(-c3ccc(NCC4(c5ncccc5F)CCC4)nn3)cc12. The van der Waals surface area contributed by atoms with E-state index in [4.69, 9.17) is 0 Å². The number of hydrogen-bond acceptors (Lipinski definition) is 6. The summed E-state index contributed by atoms with van der Waals surface area (Å²) >= 11 is 0. The first-order valence-electron chi connectivity index (χ1n) is 11.1. The zero-order chi connectivity index (χ0) is 22.0. The smallest absolute Gasteiger partial charge is 0.155 e. The number of nitrogens with zero attached hydrogens (tertiary/aromatic N) is 4. The molecule has 1 aliphatic rings. The molecule has 164 valence electrons. The summed E-state index contributed by atoms with van der Waals surface area (Å²) in [6.45, 7) is 3.58. The number of fused-ring (bicyclic) bond motifs is 1. The second kappa shape index (κ2) is 8.53. The molecule has 0 amide bonds. The number of nitrogens with one attached hydrogen (secondary N) is 3. The lowest BCUT2D eigenvalue weighted by Gasteiger charge is -2.41. The zero-order valence-electron chi connectivity index (χ0n) is 18.0. The minimum absolute atomic E-state index is 0.238. The summed E-state index contributed by atoms with van der Waals surface area (Å²) in [5.74, 6) is 1.28. The molecule has 3 aromatic heterocycles. The van der Waals surface area contributed by atoms with Crippen LogP contribution in [-0.4, -0.2) is 38.5 Å². The molecule has 4 aromatic rings. The fraction of sp³-hybridized carbons (Fsp3) is 0.333. The fourth-order valence-corrected chi connectivity index (χ4v) is 4.27. The highest BCUT2D eigenvalue weighted by atomic mass is 19.1. The summed E-state index contributed by atoms with van der Waals surface area (Å²) in [5, 5.41) is 23.9. The molecule has 0 saturated heterocycles. The van der Waals surface area contributed by atoms with E-state index in [0.717, 1.165) is 60.2 Å². The average Bonchev–Trinajstić information content (AvgIpc) is 3.20. The number of hydrogen-bond donors (Lipinski definition) is 3. The van der Waals surface area contributed by atoms with Crippen molar-refractivity contribution >= 4 is 22.5 Å². The van der Waals surface area contributed by atoms with Gasteiger partial charge >= 0.3 is 0 Å². The Bertz CT molecular complexity index is 1210. The summed E-state index contributed by atoms with van der Waals surface area (Å²) < 4.78 is 14.3. The van der Waals surface area contributed by atoms with Crippen molar-refractivity contribution < 1.29 is 4.39 Å². The molecule has 1 aliphatic carbocycles. The van der Waals surface area contributed by atoms with Crippen LogP contribution in [0.5, 0.6) is 0 Å². The minimum atomic E-state index is -0.278. The topological polar surface area (TPSA) is 91.4 Å². The number of aromatic nitrogens is 5. The molecule has 0 unspecified atom stereocenters. The van der Waals surface area contributed by atoms with E-state index in [1.807, 2.05) is 24.3 Å². The van der Waals surface area contributed by atoms with Crippen LogP contribution in [0.15, 0.2) is 48.7 Å². The number of benzene rings is 1. The summed E-state index contributed by atoms with van der Waals surface area (Å²) in [5.41, 5.74) is 3.01. The summed E-state index contributed by atoms with van der Waals surface area (Å²) in [6, 6.07) is 13.1. The Hall–Kier alpha value is -3.55. The van der Waals surface area contributed by atoms with E-state index in [9.17, 15) is 4.39 Å². The van der Waals surface area contributed by atoms with Gasteiger partial charge in [-0.05, 0) is 55.7 Å². The predicted octanol–water partition coefficient (Wildman–Crippen LogP) is 4.91. The fourth-order valence-electron chi connectivity index (χ4n) is 4.27. The Labute approximate surface area is 185 Å². The van der Waals surface area contributed by atoms with E-state index in [1.54, 1.807) is 12.3 Å². The molecule has 0 aliphatic heterocycles. The van der Waals surface area contributed by atoms with Gasteiger partial charge in [0.2, 0.25) is 0 Å². The summed E-state index contributed by atoms with van der Waals surface area (Å²) in [7, 11) is 0. The lowest BCUT2D eigenvalue weighted by molar-refractivity contribution is 0.243. The van der Waals surface area contributed by atoms with Crippen molar-refractivity contribution in [3.8, 4) is 11.3 Å². The molecule has 3 N–H and O–H groups in total. The van der Waals surface area contributed by atoms with Crippen molar-refractivity contribution in [1.29, 1.82) is 0 Å². The maximum atomic E-state index is 14.3. The third-order valence-electron chi connectivity index (χ3n) is 6.24. The predicted molar refractivity (Wildman–Crippen MR) is 124 cm³/mol. The Morgan fingerprint density at radius 2 is 2.00 bits per heavy atom. The van der Waals surface area contributed by atoms with Crippen molar-refractivity contribution in [2.75, 3.05) is 23.7 Å². The van der Waals surface area contributed by atoms with E-state index in [2.05, 4.69) is 49.0 Å². The Balaban J connectivity index is 1.32. The monoisotopic (exact) mass is 431 g/mol. The number of pyridine rings is 1. The second-order valence-electron chi connectivity index (χ2n) is 8.38. The number of anilines is 2. The van der Waals surface area contributed by atoms with Gasteiger partial charge in [-0.1, -0.05) is 19.4 Å². The van der Waals surface area contributed by atoms with Gasteiger partial charge in [0.25, 0.3) is 0 Å². The quantitative estimate of drug-likeness (QED) is 0.367. The Morgan fingerprint density at radius 1 is 1.09 bits per heavy atom. The van der Waals surface area contributed by atoms with Gasteiger partial charge in [0, 0.05) is 35.7 Å². The van der Waals surface area contributed by atoms with Crippen molar-refractivity contribution in [1.82, 2.24) is 25.4 Å². The molecule has 8 heteroatoms. The highest BCUT2D eigenvalue weighted by molar-refractivity contribution is 5.92. The van der Waals surface area contributed by atoms with Crippen LogP contribution in [-0.2, 0) is 5.41 Å². The van der Waals surface area contributed by atoms with Crippen LogP contribution < -0.4 is 10.6 Å². The standard InChI is InChI=1S/C24H26FN7/c1-2-12-27-23-17-14-16(6-7-20(17)30-32-23)19-8-9-21(31-29-19)28-15-24(10-4-11-24)22-18(25)5-3-13-26-22/h3,5-9,13-14H,2,4,10-12,15H2,1H3,(H,28,31)(H2,27,30,32). The van der Waals surface area contributed by atoms with E-state index in [1.165, 1.54) is 6.07 Å².